The number of hydrogen-bond donors (Lipinski definition) is 1. The van der Waals surface area contributed by atoms with Crippen molar-refractivity contribution < 1.29 is 30.1 Å². The first-order chi connectivity index (χ1) is 10.2. The van der Waals surface area contributed by atoms with Crippen LogP contribution >= 0.6 is 0 Å². The summed E-state index contributed by atoms with van der Waals surface area (Å²) in [6.45, 7) is 10.5. The Labute approximate surface area is 136 Å². The van der Waals surface area contributed by atoms with E-state index >= 15 is 0 Å². The summed E-state index contributed by atoms with van der Waals surface area (Å²) in [5.41, 5.74) is -1.28. The van der Waals surface area contributed by atoms with Crippen LogP contribution in [0.5, 0.6) is 0 Å². The molecule has 0 aliphatic carbocycles. The molecule has 10 heteroatoms. The molecule has 132 valence electrons. The van der Waals surface area contributed by atoms with Gasteiger partial charge in [-0.05, 0) is 26.0 Å². The van der Waals surface area contributed by atoms with Crippen LogP contribution in [0.4, 0.5) is 0 Å². The van der Waals surface area contributed by atoms with Gasteiger partial charge in [-0.1, -0.05) is 20.1 Å². The van der Waals surface area contributed by atoms with Crippen LogP contribution in [0, 0.1) is 5.92 Å². The molecule has 0 aromatic rings. The first-order valence-electron chi connectivity index (χ1n) is 6.51. The lowest BCUT2D eigenvalue weighted by molar-refractivity contribution is -0.118. The Bertz CT molecular complexity index is 690. The van der Waals surface area contributed by atoms with Crippen molar-refractivity contribution in [2.45, 2.75) is 26.3 Å². The lowest BCUT2D eigenvalue weighted by Crippen LogP contribution is -2.48. The van der Waals surface area contributed by atoms with Crippen LogP contribution in [0.2, 0.25) is 0 Å². The molecule has 8 nitrogen and oxygen atoms in total. The quantitative estimate of drug-likeness (QED) is 0.544. The maximum absolute atomic E-state index is 11.9. The van der Waals surface area contributed by atoms with E-state index in [-0.39, 0.29) is 0 Å². The van der Waals surface area contributed by atoms with E-state index in [9.17, 15) is 26.4 Å². The molecule has 1 atom stereocenters. The summed E-state index contributed by atoms with van der Waals surface area (Å²) < 4.78 is 51.5. The van der Waals surface area contributed by atoms with Crippen LogP contribution in [0.25, 0.3) is 0 Å². The van der Waals surface area contributed by atoms with Crippen molar-refractivity contribution in [3.05, 3.63) is 25.3 Å². The van der Waals surface area contributed by atoms with Gasteiger partial charge in [-0.3, -0.25) is 9.59 Å². The molecule has 0 spiro atoms. The lowest BCUT2D eigenvalue weighted by atomic mass is 10.1. The Morgan fingerprint density at radius 3 is 2.09 bits per heavy atom. The van der Waals surface area contributed by atoms with E-state index in [0.29, 0.717) is 0 Å². The summed E-state index contributed by atoms with van der Waals surface area (Å²) in [6.07, 6.45) is 1.90. The van der Waals surface area contributed by atoms with Crippen LogP contribution < -0.4 is 5.32 Å². The molecule has 0 saturated heterocycles. The molecule has 0 bridgehead atoms. The zero-order chi connectivity index (χ0) is 18.5. The van der Waals surface area contributed by atoms with Gasteiger partial charge in [0.25, 0.3) is 20.2 Å². The first kappa shape index (κ1) is 21.5. The fraction of sp³-hybridized carbons (Fsp3) is 0.538. The second kappa shape index (κ2) is 7.84. The molecule has 1 amide bonds. The van der Waals surface area contributed by atoms with Crippen molar-refractivity contribution in [1.82, 2.24) is 5.32 Å². The van der Waals surface area contributed by atoms with Crippen molar-refractivity contribution in [1.29, 1.82) is 0 Å². The van der Waals surface area contributed by atoms with Crippen LogP contribution in [0.15, 0.2) is 25.3 Å². The lowest BCUT2D eigenvalue weighted by Gasteiger charge is -2.24. The van der Waals surface area contributed by atoms with Gasteiger partial charge in [-0.2, -0.15) is 16.8 Å². The highest BCUT2D eigenvalue weighted by Crippen LogP contribution is 2.14. The topological polar surface area (TPSA) is 124 Å². The largest absolute Gasteiger partial charge is 0.347 e. The van der Waals surface area contributed by atoms with Gasteiger partial charge in [0.2, 0.25) is 5.91 Å². The Morgan fingerprint density at radius 2 is 1.65 bits per heavy atom. The highest BCUT2D eigenvalue weighted by atomic mass is 32.3. The molecule has 23 heavy (non-hydrogen) atoms. The van der Waals surface area contributed by atoms with Crippen molar-refractivity contribution >= 4 is 31.9 Å². The van der Waals surface area contributed by atoms with Crippen LogP contribution in [0.1, 0.15) is 20.8 Å². The van der Waals surface area contributed by atoms with Gasteiger partial charge in [0.05, 0.1) is 17.0 Å². The SMILES string of the molecule is C=CC(=O)NC(C)(C)CS(=O)(=O)OS(=O)(=O)CC(C)C(=O)C=C. The molecule has 0 heterocycles. The summed E-state index contributed by atoms with van der Waals surface area (Å²) in [7, 11) is -8.99. The molecule has 0 saturated carbocycles. The maximum Gasteiger partial charge on any atom is 0.284 e. The number of ketones is 1. The average Bonchev–Trinajstić information content (AvgIpc) is 2.32. The molecule has 0 aromatic carbocycles. The van der Waals surface area contributed by atoms with Crippen molar-refractivity contribution in [3.63, 3.8) is 0 Å². The summed E-state index contributed by atoms with van der Waals surface area (Å²) in [5.74, 6) is -3.72. The highest BCUT2D eigenvalue weighted by Gasteiger charge is 2.33. The van der Waals surface area contributed by atoms with E-state index in [1.807, 2.05) is 0 Å². The molecule has 0 radical (unpaired) electrons. The van der Waals surface area contributed by atoms with Crippen molar-refractivity contribution in [3.8, 4) is 0 Å². The molecule has 0 aliphatic rings. The maximum atomic E-state index is 11.9. The van der Waals surface area contributed by atoms with Gasteiger partial charge >= 0.3 is 0 Å². The molecular weight excluding hydrogens is 346 g/mol. The second-order valence-electron chi connectivity index (χ2n) is 5.58. The minimum Gasteiger partial charge on any atom is -0.347 e. The standard InChI is InChI=1S/C13H21NO7S2/c1-6-11(15)10(3)8-22(17,18)21-23(19,20)9-13(4,5)14-12(16)7-2/h6-7,10H,1-2,8-9H2,3-5H3,(H,14,16). The number of allylic oxidation sites excluding steroid dienone is 1. The average molecular weight is 367 g/mol. The molecule has 0 aromatic heterocycles. The van der Waals surface area contributed by atoms with E-state index in [1.165, 1.54) is 20.8 Å². The van der Waals surface area contributed by atoms with Crippen molar-refractivity contribution in [2.75, 3.05) is 11.5 Å². The molecule has 0 aliphatic heterocycles. The summed E-state index contributed by atoms with van der Waals surface area (Å²) in [6, 6.07) is 0. The number of amides is 1. The zero-order valence-corrected chi connectivity index (χ0v) is 14.9. The second-order valence-corrected chi connectivity index (χ2v) is 8.98. The predicted molar refractivity (Wildman–Crippen MR) is 85.4 cm³/mol. The van der Waals surface area contributed by atoms with E-state index in [0.717, 1.165) is 12.2 Å². The van der Waals surface area contributed by atoms with E-state index in [2.05, 4.69) is 22.1 Å². The predicted octanol–water partition coefficient (Wildman–Crippen LogP) is 0.135. The third-order valence-corrected chi connectivity index (χ3v) is 6.18. The highest BCUT2D eigenvalue weighted by molar-refractivity contribution is 7.99. The molecule has 0 fully saturated rings. The monoisotopic (exact) mass is 367 g/mol. The molecule has 0 rings (SSSR count). The Kier molecular flexibility index (Phi) is 7.32. The number of carbonyl (C=O) groups is 2. The Balaban J connectivity index is 5.04. The van der Waals surface area contributed by atoms with Gasteiger partial charge in [-0.25, -0.2) is 0 Å². The minimum atomic E-state index is -4.50. The van der Waals surface area contributed by atoms with E-state index in [4.69, 9.17) is 0 Å². The van der Waals surface area contributed by atoms with Crippen LogP contribution in [0.3, 0.4) is 0 Å². The van der Waals surface area contributed by atoms with E-state index in [1.54, 1.807) is 0 Å². The number of nitrogens with one attached hydrogen (secondary N) is 1. The molecule has 1 N–H and O–H groups in total. The number of carbonyl (C=O) groups excluding carboxylic acids is 2. The first-order valence-corrected chi connectivity index (χ1v) is 9.66. The number of rotatable bonds is 10. The van der Waals surface area contributed by atoms with Gasteiger partial charge in [0.1, 0.15) is 0 Å². The Morgan fingerprint density at radius 1 is 1.13 bits per heavy atom. The third kappa shape index (κ3) is 8.62. The van der Waals surface area contributed by atoms with Gasteiger partial charge in [0.15, 0.2) is 5.78 Å². The fourth-order valence-corrected chi connectivity index (χ4v) is 5.07. The summed E-state index contributed by atoms with van der Waals surface area (Å²) in [5, 5.41) is 2.34. The van der Waals surface area contributed by atoms with Gasteiger partial charge in [-0.15, -0.1) is 3.63 Å². The van der Waals surface area contributed by atoms with Gasteiger partial charge < -0.3 is 5.32 Å². The fourth-order valence-electron chi connectivity index (χ4n) is 1.66. The number of hydrogen-bond acceptors (Lipinski definition) is 7. The van der Waals surface area contributed by atoms with Crippen LogP contribution in [-0.2, 0) is 33.5 Å². The summed E-state index contributed by atoms with van der Waals surface area (Å²) in [4.78, 5) is 22.5. The minimum absolute atomic E-state index is 0.548. The van der Waals surface area contributed by atoms with E-state index < -0.39 is 54.9 Å². The zero-order valence-electron chi connectivity index (χ0n) is 13.2. The summed E-state index contributed by atoms with van der Waals surface area (Å²) >= 11 is 0. The molecule has 1 unspecified atom stereocenters. The Hall–Kier alpha value is -1.52. The van der Waals surface area contributed by atoms with Crippen LogP contribution in [-0.4, -0.2) is 45.6 Å². The van der Waals surface area contributed by atoms with Crippen molar-refractivity contribution in [2.24, 2.45) is 5.92 Å². The third-order valence-electron chi connectivity index (χ3n) is 2.53. The van der Waals surface area contributed by atoms with Gasteiger partial charge in [0, 0.05) is 5.92 Å². The normalized spacial score (nSPS) is 13.9. The molecular formula is C13H21NO7S2. The smallest absolute Gasteiger partial charge is 0.284 e.